The monoisotopic (exact) mass is 395 g/mol. The molecule has 146 valence electrons. The summed E-state index contributed by atoms with van der Waals surface area (Å²) in [6.45, 7) is 9.85. The normalized spacial score (nSPS) is 15.3. The molecule has 1 N–H and O–H groups in total. The summed E-state index contributed by atoms with van der Waals surface area (Å²) in [4.78, 5) is 14.6. The van der Waals surface area contributed by atoms with Crippen molar-refractivity contribution in [3.8, 4) is 0 Å². The van der Waals surface area contributed by atoms with Crippen LogP contribution < -0.4 is 10.3 Å². The fraction of sp³-hybridized carbons (Fsp3) is 0.304. The Balaban J connectivity index is 1.78. The van der Waals surface area contributed by atoms with E-state index < -0.39 is 0 Å². The van der Waals surface area contributed by atoms with E-state index >= 15 is 0 Å². The molecule has 2 aromatic rings. The number of hydrogen-bond acceptors (Lipinski definition) is 3. The van der Waals surface area contributed by atoms with Gasteiger partial charge in [-0.2, -0.15) is 5.10 Å². The van der Waals surface area contributed by atoms with E-state index in [1.165, 1.54) is 16.8 Å². The molecule has 0 unspecified atom stereocenters. The van der Waals surface area contributed by atoms with Gasteiger partial charge in [-0.3, -0.25) is 4.79 Å². The highest BCUT2D eigenvalue weighted by Gasteiger charge is 2.30. The number of anilines is 1. The average Bonchev–Trinajstić information content (AvgIpc) is 2.65. The molecule has 0 radical (unpaired) electrons. The van der Waals surface area contributed by atoms with E-state index in [0.29, 0.717) is 10.6 Å². The Morgan fingerprint density at radius 1 is 1.21 bits per heavy atom. The highest BCUT2D eigenvalue weighted by molar-refractivity contribution is 6.30. The van der Waals surface area contributed by atoms with Crippen LogP contribution in [0.25, 0.3) is 5.57 Å². The molecular formula is C23H26ClN3O. The number of hydrogen-bond donors (Lipinski definition) is 1. The van der Waals surface area contributed by atoms with Crippen molar-refractivity contribution in [2.45, 2.75) is 39.7 Å². The van der Waals surface area contributed by atoms with Crippen LogP contribution in [0.5, 0.6) is 0 Å². The summed E-state index contributed by atoms with van der Waals surface area (Å²) in [5.74, 6) is -0.266. The van der Waals surface area contributed by atoms with Crippen LogP contribution >= 0.6 is 11.6 Å². The summed E-state index contributed by atoms with van der Waals surface area (Å²) in [5.41, 5.74) is 7.73. The van der Waals surface area contributed by atoms with Gasteiger partial charge in [0.15, 0.2) is 0 Å². The van der Waals surface area contributed by atoms with E-state index in [0.717, 1.165) is 18.5 Å². The Bertz CT molecular complexity index is 929. The minimum absolute atomic E-state index is 0.00471. The lowest BCUT2D eigenvalue weighted by atomic mass is 9.88. The van der Waals surface area contributed by atoms with Gasteiger partial charge in [0, 0.05) is 28.4 Å². The number of fused-ring (bicyclic) bond motifs is 1. The summed E-state index contributed by atoms with van der Waals surface area (Å²) >= 11 is 5.85. The van der Waals surface area contributed by atoms with Crippen LogP contribution in [0.1, 0.15) is 55.6 Å². The van der Waals surface area contributed by atoms with E-state index in [-0.39, 0.29) is 11.4 Å². The summed E-state index contributed by atoms with van der Waals surface area (Å²) in [5, 5.41) is 4.70. The van der Waals surface area contributed by atoms with Gasteiger partial charge in [0.1, 0.15) is 0 Å². The Morgan fingerprint density at radius 3 is 2.61 bits per heavy atom. The number of halogens is 1. The summed E-state index contributed by atoms with van der Waals surface area (Å²) in [6, 6.07) is 13.0. The number of hydrazone groups is 1. The lowest BCUT2D eigenvalue weighted by molar-refractivity contribution is 0.0955. The maximum Gasteiger partial charge on any atom is 0.271 e. The van der Waals surface area contributed by atoms with Gasteiger partial charge in [-0.1, -0.05) is 30.7 Å². The van der Waals surface area contributed by atoms with Gasteiger partial charge in [0.25, 0.3) is 5.91 Å². The largest absolute Gasteiger partial charge is 0.362 e. The van der Waals surface area contributed by atoms with Gasteiger partial charge >= 0.3 is 0 Å². The molecule has 0 bridgehead atoms. The number of carbonyl (C=O) groups is 1. The maximum atomic E-state index is 12.1. The molecule has 0 aromatic heterocycles. The third-order valence-electron chi connectivity index (χ3n) is 4.93. The molecule has 1 aliphatic heterocycles. The minimum atomic E-state index is -0.266. The summed E-state index contributed by atoms with van der Waals surface area (Å²) < 4.78 is 0. The lowest BCUT2D eigenvalue weighted by Gasteiger charge is -2.43. The van der Waals surface area contributed by atoms with Crippen molar-refractivity contribution < 1.29 is 4.79 Å². The van der Waals surface area contributed by atoms with Crippen molar-refractivity contribution in [3.05, 3.63) is 70.3 Å². The Hall–Kier alpha value is -2.59. The molecule has 28 heavy (non-hydrogen) atoms. The molecule has 0 saturated heterocycles. The molecule has 1 aliphatic rings. The maximum absolute atomic E-state index is 12.1. The zero-order chi connectivity index (χ0) is 20.3. The molecule has 0 fully saturated rings. The third kappa shape index (κ3) is 4.28. The first-order chi connectivity index (χ1) is 13.3. The fourth-order valence-corrected chi connectivity index (χ4v) is 3.77. The number of nitrogens with one attached hydrogen (secondary N) is 1. The number of nitrogens with zero attached hydrogens (tertiary/aromatic N) is 2. The molecule has 0 aliphatic carbocycles. The zero-order valence-corrected chi connectivity index (χ0v) is 17.5. The molecule has 2 aromatic carbocycles. The van der Waals surface area contributed by atoms with Gasteiger partial charge < -0.3 is 4.90 Å². The lowest BCUT2D eigenvalue weighted by Crippen LogP contribution is -2.45. The number of allylic oxidation sites excluding steroid dienone is 1. The average molecular weight is 396 g/mol. The molecule has 1 amide bonds. The van der Waals surface area contributed by atoms with Crippen molar-refractivity contribution in [3.63, 3.8) is 0 Å². The molecule has 1 heterocycles. The highest BCUT2D eigenvalue weighted by atomic mass is 35.5. The van der Waals surface area contributed by atoms with Gasteiger partial charge in [-0.05, 0) is 74.7 Å². The zero-order valence-electron chi connectivity index (χ0n) is 16.8. The number of amides is 1. The Labute approximate surface area is 171 Å². The minimum Gasteiger partial charge on any atom is -0.362 e. The predicted octanol–water partition coefficient (Wildman–Crippen LogP) is 5.52. The molecule has 3 rings (SSSR count). The third-order valence-corrected chi connectivity index (χ3v) is 5.19. The van der Waals surface area contributed by atoms with E-state index in [9.17, 15) is 4.79 Å². The summed E-state index contributed by atoms with van der Waals surface area (Å²) in [7, 11) is 0. The summed E-state index contributed by atoms with van der Waals surface area (Å²) in [6.07, 6.45) is 5.08. The molecule has 4 nitrogen and oxygen atoms in total. The van der Waals surface area contributed by atoms with Crippen LogP contribution in [0.4, 0.5) is 5.69 Å². The molecule has 0 saturated carbocycles. The van der Waals surface area contributed by atoms with Crippen LogP contribution in [0.3, 0.4) is 0 Å². The van der Waals surface area contributed by atoms with E-state index in [4.69, 9.17) is 11.6 Å². The van der Waals surface area contributed by atoms with Crippen LogP contribution in [-0.2, 0) is 0 Å². The smallest absolute Gasteiger partial charge is 0.271 e. The van der Waals surface area contributed by atoms with E-state index in [1.807, 2.05) is 6.07 Å². The molecule has 0 spiro atoms. The predicted molar refractivity (Wildman–Crippen MR) is 118 cm³/mol. The van der Waals surface area contributed by atoms with Crippen LogP contribution in [0, 0.1) is 0 Å². The fourth-order valence-electron chi connectivity index (χ4n) is 3.64. The first-order valence-corrected chi connectivity index (χ1v) is 9.90. The first kappa shape index (κ1) is 20.2. The van der Waals surface area contributed by atoms with E-state index in [2.05, 4.69) is 61.3 Å². The van der Waals surface area contributed by atoms with Crippen molar-refractivity contribution >= 4 is 35.0 Å². The first-order valence-electron chi connectivity index (χ1n) is 9.52. The van der Waals surface area contributed by atoms with Gasteiger partial charge in [-0.15, -0.1) is 0 Å². The second-order valence-electron chi connectivity index (χ2n) is 7.62. The van der Waals surface area contributed by atoms with Crippen LogP contribution in [0.15, 0.2) is 53.6 Å². The Morgan fingerprint density at radius 2 is 1.93 bits per heavy atom. The van der Waals surface area contributed by atoms with Crippen LogP contribution in [0.2, 0.25) is 5.02 Å². The van der Waals surface area contributed by atoms with Gasteiger partial charge in [0.05, 0.1) is 11.8 Å². The van der Waals surface area contributed by atoms with E-state index in [1.54, 1.807) is 30.5 Å². The van der Waals surface area contributed by atoms with Crippen molar-refractivity contribution in [2.24, 2.45) is 5.10 Å². The number of rotatable bonds is 5. The molecule has 0 atom stereocenters. The number of benzene rings is 2. The van der Waals surface area contributed by atoms with Crippen LogP contribution in [-0.4, -0.2) is 24.2 Å². The van der Waals surface area contributed by atoms with Gasteiger partial charge in [-0.25, -0.2) is 5.43 Å². The topological polar surface area (TPSA) is 44.7 Å². The molecule has 5 heteroatoms. The van der Waals surface area contributed by atoms with Crippen molar-refractivity contribution in [2.75, 3.05) is 11.4 Å². The highest BCUT2D eigenvalue weighted by Crippen LogP contribution is 2.39. The number of carbonyl (C=O) groups excluding carboxylic acids is 1. The van der Waals surface area contributed by atoms with Gasteiger partial charge in [0.2, 0.25) is 0 Å². The SMILES string of the molecule is CCCN1c2ccc(/C=N\NC(=O)c3ccc(Cl)cc3)cc2C(C)=CC1(C)C. The standard InChI is InChI=1S/C23H26ClN3O/c1-5-12-27-21-11-6-17(13-20(21)16(2)14-23(27,3)4)15-25-26-22(28)18-7-9-19(24)10-8-18/h6-11,13-15H,5,12H2,1-4H3,(H,26,28)/b25-15-. The second kappa shape index (κ2) is 8.19. The van der Waals surface area contributed by atoms with Crippen molar-refractivity contribution in [1.29, 1.82) is 0 Å². The molecular weight excluding hydrogens is 370 g/mol. The quantitative estimate of drug-likeness (QED) is 0.535. The van der Waals surface area contributed by atoms with Crippen molar-refractivity contribution in [1.82, 2.24) is 5.43 Å². The second-order valence-corrected chi connectivity index (χ2v) is 8.05. The Kier molecular flexibility index (Phi) is 5.90.